The van der Waals surface area contributed by atoms with Crippen LogP contribution in [0.3, 0.4) is 0 Å². The summed E-state index contributed by atoms with van der Waals surface area (Å²) in [7, 11) is 1.64. The van der Waals surface area contributed by atoms with Crippen LogP contribution in [0.1, 0.15) is 19.3 Å². The van der Waals surface area contributed by atoms with Gasteiger partial charge in [-0.25, -0.2) is 4.98 Å². The van der Waals surface area contributed by atoms with Crippen molar-refractivity contribution in [2.75, 3.05) is 25.5 Å². The number of fused-ring (bicyclic) bond motifs is 1. The number of para-hydroxylation sites is 2. The molecule has 0 radical (unpaired) electrons. The summed E-state index contributed by atoms with van der Waals surface area (Å²) >= 11 is 0. The lowest BCUT2D eigenvalue weighted by atomic mass is 10.0. The number of hydrogen-bond donors (Lipinski definition) is 2. The summed E-state index contributed by atoms with van der Waals surface area (Å²) in [5.41, 5.74) is 2.69. The molecule has 6 nitrogen and oxygen atoms in total. The minimum Gasteiger partial charge on any atom is -0.497 e. The van der Waals surface area contributed by atoms with Crippen LogP contribution in [-0.4, -0.2) is 35.7 Å². The predicted molar refractivity (Wildman–Crippen MR) is 106 cm³/mol. The van der Waals surface area contributed by atoms with Gasteiger partial charge in [0.25, 0.3) is 0 Å². The van der Waals surface area contributed by atoms with Crippen LogP contribution in [0.15, 0.2) is 48.5 Å². The fraction of sp³-hybridized carbons (Fsp3) is 0.333. The van der Waals surface area contributed by atoms with Gasteiger partial charge in [-0.3, -0.25) is 14.7 Å². The fourth-order valence-electron chi connectivity index (χ4n) is 3.60. The van der Waals surface area contributed by atoms with E-state index in [2.05, 4.69) is 15.6 Å². The van der Waals surface area contributed by atoms with E-state index in [1.807, 2.05) is 53.1 Å². The second-order valence-electron chi connectivity index (χ2n) is 6.91. The predicted octanol–water partition coefficient (Wildman–Crippen LogP) is 3.36. The zero-order chi connectivity index (χ0) is 18.6. The molecule has 6 heteroatoms. The SMILES string of the molecule is COc1cccc(-n2c(NC(=O)CCC3CCNC3)nc3ccccc32)c1. The van der Waals surface area contributed by atoms with Crippen LogP contribution in [0.2, 0.25) is 0 Å². The summed E-state index contributed by atoms with van der Waals surface area (Å²) in [5.74, 6) is 1.89. The Morgan fingerprint density at radius 1 is 1.30 bits per heavy atom. The molecule has 1 amide bonds. The number of benzene rings is 2. The highest BCUT2D eigenvalue weighted by Gasteiger charge is 2.18. The molecule has 3 aromatic rings. The minimum atomic E-state index is 0.00125. The lowest BCUT2D eigenvalue weighted by molar-refractivity contribution is -0.116. The molecule has 1 aliphatic rings. The number of methoxy groups -OCH3 is 1. The molecule has 2 N–H and O–H groups in total. The zero-order valence-electron chi connectivity index (χ0n) is 15.4. The van der Waals surface area contributed by atoms with Crippen molar-refractivity contribution in [1.29, 1.82) is 0 Å². The second-order valence-corrected chi connectivity index (χ2v) is 6.91. The number of amides is 1. The Morgan fingerprint density at radius 2 is 2.19 bits per heavy atom. The Morgan fingerprint density at radius 3 is 3.00 bits per heavy atom. The average molecular weight is 364 g/mol. The van der Waals surface area contributed by atoms with E-state index in [0.717, 1.165) is 48.4 Å². The number of carbonyl (C=O) groups excluding carboxylic acids is 1. The van der Waals surface area contributed by atoms with Crippen molar-refractivity contribution in [3.05, 3.63) is 48.5 Å². The van der Waals surface area contributed by atoms with E-state index in [4.69, 9.17) is 4.74 Å². The Labute approximate surface area is 158 Å². The second kappa shape index (κ2) is 7.80. The number of anilines is 1. The van der Waals surface area contributed by atoms with Gasteiger partial charge in [0.05, 0.1) is 23.8 Å². The lowest BCUT2D eigenvalue weighted by Gasteiger charge is -2.12. The van der Waals surface area contributed by atoms with Crippen molar-refractivity contribution in [1.82, 2.24) is 14.9 Å². The summed E-state index contributed by atoms with van der Waals surface area (Å²) in [6, 6.07) is 15.6. The monoisotopic (exact) mass is 364 g/mol. The van der Waals surface area contributed by atoms with Crippen molar-refractivity contribution in [3.8, 4) is 11.4 Å². The van der Waals surface area contributed by atoms with Gasteiger partial charge in [-0.15, -0.1) is 0 Å². The van der Waals surface area contributed by atoms with Crippen molar-refractivity contribution >= 4 is 22.9 Å². The number of imidazole rings is 1. The topological polar surface area (TPSA) is 68.2 Å². The van der Waals surface area contributed by atoms with E-state index < -0.39 is 0 Å². The molecule has 1 fully saturated rings. The van der Waals surface area contributed by atoms with Crippen LogP contribution in [0, 0.1) is 5.92 Å². The average Bonchev–Trinajstić information content (AvgIpc) is 3.33. The largest absolute Gasteiger partial charge is 0.497 e. The molecule has 1 atom stereocenters. The van der Waals surface area contributed by atoms with Crippen LogP contribution in [0.5, 0.6) is 5.75 Å². The smallest absolute Gasteiger partial charge is 0.226 e. The molecule has 0 bridgehead atoms. The zero-order valence-corrected chi connectivity index (χ0v) is 15.4. The summed E-state index contributed by atoms with van der Waals surface area (Å²) in [6.45, 7) is 2.06. The molecule has 2 heterocycles. The van der Waals surface area contributed by atoms with E-state index in [1.54, 1.807) is 7.11 Å². The number of carbonyl (C=O) groups is 1. The summed E-state index contributed by atoms with van der Waals surface area (Å²) in [6.07, 6.45) is 2.56. The van der Waals surface area contributed by atoms with Gasteiger partial charge in [0.15, 0.2) is 0 Å². The Kier molecular flexibility index (Phi) is 5.07. The Hall–Kier alpha value is -2.86. The first kappa shape index (κ1) is 17.5. The molecule has 4 rings (SSSR count). The molecule has 0 saturated carbocycles. The van der Waals surface area contributed by atoms with Gasteiger partial charge >= 0.3 is 0 Å². The standard InChI is InChI=1S/C21H24N4O2/c1-27-17-6-4-5-16(13-17)25-19-8-3-2-7-18(19)23-21(25)24-20(26)10-9-15-11-12-22-14-15/h2-8,13,15,22H,9-12,14H2,1H3,(H,23,24,26). The van der Waals surface area contributed by atoms with Gasteiger partial charge in [-0.05, 0) is 56.1 Å². The highest BCUT2D eigenvalue weighted by molar-refractivity contribution is 5.92. The molecule has 2 aromatic carbocycles. The maximum Gasteiger partial charge on any atom is 0.226 e. The van der Waals surface area contributed by atoms with Crippen molar-refractivity contribution < 1.29 is 9.53 Å². The molecule has 1 unspecified atom stereocenters. The third kappa shape index (κ3) is 3.80. The summed E-state index contributed by atoms with van der Waals surface area (Å²) in [4.78, 5) is 17.2. The number of aromatic nitrogens is 2. The van der Waals surface area contributed by atoms with E-state index >= 15 is 0 Å². The summed E-state index contributed by atoms with van der Waals surface area (Å²) in [5, 5.41) is 6.36. The fourth-order valence-corrected chi connectivity index (χ4v) is 3.60. The van der Waals surface area contributed by atoms with Crippen LogP contribution in [0.4, 0.5) is 5.95 Å². The molecule has 1 aromatic heterocycles. The van der Waals surface area contributed by atoms with Gasteiger partial charge < -0.3 is 10.1 Å². The van der Waals surface area contributed by atoms with Crippen molar-refractivity contribution in [2.24, 2.45) is 5.92 Å². The molecule has 1 saturated heterocycles. The molecule has 140 valence electrons. The first-order valence-corrected chi connectivity index (χ1v) is 9.37. The number of rotatable bonds is 6. The third-order valence-electron chi connectivity index (χ3n) is 5.07. The molecular weight excluding hydrogens is 340 g/mol. The van der Waals surface area contributed by atoms with Gasteiger partial charge in [0.2, 0.25) is 11.9 Å². The Bertz CT molecular complexity index is 944. The van der Waals surface area contributed by atoms with Crippen LogP contribution in [0.25, 0.3) is 16.7 Å². The maximum atomic E-state index is 12.5. The molecule has 1 aliphatic heterocycles. The van der Waals surface area contributed by atoms with Gasteiger partial charge in [0, 0.05) is 12.5 Å². The highest BCUT2D eigenvalue weighted by Crippen LogP contribution is 2.27. The number of nitrogens with one attached hydrogen (secondary N) is 2. The van der Waals surface area contributed by atoms with Crippen LogP contribution < -0.4 is 15.4 Å². The first-order chi connectivity index (χ1) is 13.2. The van der Waals surface area contributed by atoms with Crippen LogP contribution >= 0.6 is 0 Å². The van der Waals surface area contributed by atoms with Gasteiger partial charge in [0.1, 0.15) is 5.75 Å². The minimum absolute atomic E-state index is 0.00125. The van der Waals surface area contributed by atoms with E-state index in [0.29, 0.717) is 18.3 Å². The van der Waals surface area contributed by atoms with Gasteiger partial charge in [-0.2, -0.15) is 0 Å². The highest BCUT2D eigenvalue weighted by atomic mass is 16.5. The van der Waals surface area contributed by atoms with E-state index in [9.17, 15) is 4.79 Å². The lowest BCUT2D eigenvalue weighted by Crippen LogP contribution is -2.17. The first-order valence-electron chi connectivity index (χ1n) is 9.37. The maximum absolute atomic E-state index is 12.5. The van der Waals surface area contributed by atoms with Crippen LogP contribution in [-0.2, 0) is 4.79 Å². The number of nitrogens with zero attached hydrogens (tertiary/aromatic N) is 2. The normalized spacial score (nSPS) is 16.6. The summed E-state index contributed by atoms with van der Waals surface area (Å²) < 4.78 is 7.32. The molecule has 0 spiro atoms. The third-order valence-corrected chi connectivity index (χ3v) is 5.07. The number of ether oxygens (including phenoxy) is 1. The van der Waals surface area contributed by atoms with Gasteiger partial charge in [-0.1, -0.05) is 18.2 Å². The van der Waals surface area contributed by atoms with Crippen molar-refractivity contribution in [3.63, 3.8) is 0 Å². The quantitative estimate of drug-likeness (QED) is 0.704. The molecular formula is C21H24N4O2. The molecule has 27 heavy (non-hydrogen) atoms. The molecule has 0 aliphatic carbocycles. The van der Waals surface area contributed by atoms with E-state index in [-0.39, 0.29) is 5.91 Å². The number of hydrogen-bond acceptors (Lipinski definition) is 4. The van der Waals surface area contributed by atoms with Crippen molar-refractivity contribution in [2.45, 2.75) is 19.3 Å². The van der Waals surface area contributed by atoms with E-state index in [1.165, 1.54) is 0 Å². The Balaban J connectivity index is 1.62.